The SMILES string of the molecule is COCC(C)(C)NC(=O)CCc1ccccc1N.Cl. The van der Waals surface area contributed by atoms with E-state index < -0.39 is 0 Å². The van der Waals surface area contributed by atoms with E-state index in [0.717, 1.165) is 11.3 Å². The van der Waals surface area contributed by atoms with Crippen molar-refractivity contribution in [2.75, 3.05) is 19.5 Å². The maximum absolute atomic E-state index is 11.8. The van der Waals surface area contributed by atoms with E-state index in [2.05, 4.69) is 5.32 Å². The average Bonchev–Trinajstić information content (AvgIpc) is 2.27. The highest BCUT2D eigenvalue weighted by Crippen LogP contribution is 2.13. The highest BCUT2D eigenvalue weighted by molar-refractivity contribution is 5.85. The molecule has 1 amide bonds. The summed E-state index contributed by atoms with van der Waals surface area (Å²) in [5.74, 6) is 0.0142. The van der Waals surface area contributed by atoms with Crippen LogP contribution in [0.25, 0.3) is 0 Å². The molecule has 0 spiro atoms. The first kappa shape index (κ1) is 17.7. The summed E-state index contributed by atoms with van der Waals surface area (Å²) < 4.78 is 5.05. The number of ether oxygens (including phenoxy) is 1. The molecule has 0 unspecified atom stereocenters. The van der Waals surface area contributed by atoms with Gasteiger partial charge in [-0.3, -0.25) is 4.79 Å². The molecule has 0 saturated heterocycles. The van der Waals surface area contributed by atoms with Gasteiger partial charge in [0.25, 0.3) is 0 Å². The van der Waals surface area contributed by atoms with Crippen molar-refractivity contribution in [2.24, 2.45) is 0 Å². The first-order chi connectivity index (χ1) is 8.44. The summed E-state index contributed by atoms with van der Waals surface area (Å²) in [5, 5.41) is 2.94. The van der Waals surface area contributed by atoms with Gasteiger partial charge < -0.3 is 15.8 Å². The summed E-state index contributed by atoms with van der Waals surface area (Å²) in [6.45, 7) is 4.36. The third-order valence-corrected chi connectivity index (χ3v) is 2.66. The van der Waals surface area contributed by atoms with Crippen LogP contribution in [0.15, 0.2) is 24.3 Å². The zero-order valence-corrected chi connectivity index (χ0v) is 12.5. The molecule has 0 fully saturated rings. The summed E-state index contributed by atoms with van der Waals surface area (Å²) in [5.41, 5.74) is 7.24. The lowest BCUT2D eigenvalue weighted by atomic mass is 10.0. The van der Waals surface area contributed by atoms with Gasteiger partial charge in [0, 0.05) is 19.2 Å². The Morgan fingerprint density at radius 3 is 2.58 bits per heavy atom. The molecule has 19 heavy (non-hydrogen) atoms. The normalized spacial score (nSPS) is 10.7. The minimum Gasteiger partial charge on any atom is -0.399 e. The second-order valence-electron chi connectivity index (χ2n) is 5.06. The number of hydrogen-bond acceptors (Lipinski definition) is 3. The molecular formula is C14H23ClN2O2. The van der Waals surface area contributed by atoms with E-state index in [1.165, 1.54) is 0 Å². The van der Waals surface area contributed by atoms with Crippen LogP contribution in [0.3, 0.4) is 0 Å². The molecule has 0 aliphatic rings. The van der Waals surface area contributed by atoms with Gasteiger partial charge in [0.1, 0.15) is 0 Å². The first-order valence-electron chi connectivity index (χ1n) is 6.08. The fraction of sp³-hybridized carbons (Fsp3) is 0.500. The van der Waals surface area contributed by atoms with Crippen LogP contribution in [0.2, 0.25) is 0 Å². The molecule has 0 radical (unpaired) electrons. The molecule has 0 aliphatic heterocycles. The number of nitrogens with two attached hydrogens (primary N) is 1. The number of halogens is 1. The van der Waals surface area contributed by atoms with E-state index in [1.807, 2.05) is 38.1 Å². The molecular weight excluding hydrogens is 264 g/mol. The lowest BCUT2D eigenvalue weighted by molar-refractivity contribution is -0.123. The van der Waals surface area contributed by atoms with Crippen LogP contribution in [0, 0.1) is 0 Å². The van der Waals surface area contributed by atoms with Gasteiger partial charge in [0.05, 0.1) is 12.1 Å². The van der Waals surface area contributed by atoms with E-state index in [1.54, 1.807) is 7.11 Å². The average molecular weight is 287 g/mol. The number of anilines is 1. The Kier molecular flexibility index (Phi) is 7.49. The van der Waals surface area contributed by atoms with Crippen molar-refractivity contribution >= 4 is 24.0 Å². The summed E-state index contributed by atoms with van der Waals surface area (Å²) >= 11 is 0. The predicted octanol–water partition coefficient (Wildman–Crippen LogP) is 2.16. The van der Waals surface area contributed by atoms with Gasteiger partial charge in [-0.25, -0.2) is 0 Å². The number of methoxy groups -OCH3 is 1. The molecule has 3 N–H and O–H groups in total. The summed E-state index contributed by atoms with van der Waals surface area (Å²) in [4.78, 5) is 11.8. The minimum absolute atomic E-state index is 0. The Morgan fingerprint density at radius 2 is 2.00 bits per heavy atom. The first-order valence-corrected chi connectivity index (χ1v) is 6.08. The molecule has 1 aromatic carbocycles. The molecule has 1 aromatic rings. The topological polar surface area (TPSA) is 64.3 Å². The molecule has 108 valence electrons. The van der Waals surface area contributed by atoms with Crippen LogP contribution < -0.4 is 11.1 Å². The van der Waals surface area contributed by atoms with Crippen molar-refractivity contribution in [3.8, 4) is 0 Å². The lowest BCUT2D eigenvalue weighted by Crippen LogP contribution is -2.46. The Morgan fingerprint density at radius 1 is 1.37 bits per heavy atom. The predicted molar refractivity (Wildman–Crippen MR) is 80.5 cm³/mol. The molecule has 0 atom stereocenters. The number of amides is 1. The minimum atomic E-state index is -0.339. The van der Waals surface area contributed by atoms with Crippen LogP contribution in [0.4, 0.5) is 5.69 Å². The van der Waals surface area contributed by atoms with Crippen LogP contribution in [0.1, 0.15) is 25.8 Å². The molecule has 0 bridgehead atoms. The van der Waals surface area contributed by atoms with Gasteiger partial charge in [-0.15, -0.1) is 12.4 Å². The number of hydrogen-bond donors (Lipinski definition) is 2. The molecule has 0 aliphatic carbocycles. The van der Waals surface area contributed by atoms with Crippen molar-refractivity contribution in [1.82, 2.24) is 5.32 Å². The van der Waals surface area contributed by atoms with Crippen molar-refractivity contribution < 1.29 is 9.53 Å². The molecule has 0 heterocycles. The second-order valence-corrected chi connectivity index (χ2v) is 5.06. The zero-order valence-electron chi connectivity index (χ0n) is 11.7. The van der Waals surface area contributed by atoms with Gasteiger partial charge in [0.15, 0.2) is 0 Å². The highest BCUT2D eigenvalue weighted by Gasteiger charge is 2.19. The number of carbonyl (C=O) groups excluding carboxylic acids is 1. The zero-order chi connectivity index (χ0) is 13.6. The Labute approximate surface area is 121 Å². The maximum Gasteiger partial charge on any atom is 0.220 e. The molecule has 1 rings (SSSR count). The van der Waals surface area contributed by atoms with Crippen molar-refractivity contribution in [2.45, 2.75) is 32.2 Å². The quantitative estimate of drug-likeness (QED) is 0.788. The number of nitrogen functional groups attached to an aromatic ring is 1. The van der Waals surface area contributed by atoms with E-state index in [9.17, 15) is 4.79 Å². The number of nitrogens with one attached hydrogen (secondary N) is 1. The van der Waals surface area contributed by atoms with E-state index in [-0.39, 0.29) is 23.9 Å². The summed E-state index contributed by atoms with van der Waals surface area (Å²) in [6, 6.07) is 7.62. The number of carbonyl (C=O) groups is 1. The molecule has 4 nitrogen and oxygen atoms in total. The Hall–Kier alpha value is -1.26. The largest absolute Gasteiger partial charge is 0.399 e. The van der Waals surface area contributed by atoms with E-state index in [4.69, 9.17) is 10.5 Å². The van der Waals surface area contributed by atoms with Gasteiger partial charge in [-0.1, -0.05) is 18.2 Å². The monoisotopic (exact) mass is 286 g/mol. The van der Waals surface area contributed by atoms with Crippen molar-refractivity contribution in [3.63, 3.8) is 0 Å². The van der Waals surface area contributed by atoms with Crippen molar-refractivity contribution in [1.29, 1.82) is 0 Å². The van der Waals surface area contributed by atoms with Crippen LogP contribution in [0.5, 0.6) is 0 Å². The maximum atomic E-state index is 11.8. The number of benzene rings is 1. The summed E-state index contributed by atoms with van der Waals surface area (Å²) in [7, 11) is 1.62. The van der Waals surface area contributed by atoms with Crippen LogP contribution in [-0.4, -0.2) is 25.2 Å². The Bertz CT molecular complexity index is 408. The third-order valence-electron chi connectivity index (χ3n) is 2.66. The van der Waals surface area contributed by atoms with Crippen LogP contribution >= 0.6 is 12.4 Å². The molecule has 5 heteroatoms. The van der Waals surface area contributed by atoms with Crippen LogP contribution in [-0.2, 0) is 16.0 Å². The standard InChI is InChI=1S/C14H22N2O2.ClH/c1-14(2,10-18-3)16-13(17)9-8-11-6-4-5-7-12(11)15;/h4-7H,8-10,15H2,1-3H3,(H,16,17);1H. The smallest absolute Gasteiger partial charge is 0.220 e. The lowest BCUT2D eigenvalue weighted by Gasteiger charge is -2.25. The second kappa shape index (κ2) is 8.02. The van der Waals surface area contributed by atoms with E-state index >= 15 is 0 Å². The van der Waals surface area contributed by atoms with Gasteiger partial charge >= 0.3 is 0 Å². The summed E-state index contributed by atoms with van der Waals surface area (Å²) in [6.07, 6.45) is 1.09. The van der Waals surface area contributed by atoms with Gasteiger partial charge in [0.2, 0.25) is 5.91 Å². The number of rotatable bonds is 6. The highest BCUT2D eigenvalue weighted by atomic mass is 35.5. The fourth-order valence-electron chi connectivity index (χ4n) is 1.85. The number of para-hydroxylation sites is 1. The van der Waals surface area contributed by atoms with E-state index in [0.29, 0.717) is 19.4 Å². The molecule has 0 saturated carbocycles. The van der Waals surface area contributed by atoms with Crippen molar-refractivity contribution in [3.05, 3.63) is 29.8 Å². The Balaban J connectivity index is 0.00000324. The van der Waals surface area contributed by atoms with Gasteiger partial charge in [-0.05, 0) is 31.9 Å². The van der Waals surface area contributed by atoms with Gasteiger partial charge in [-0.2, -0.15) is 0 Å². The fourth-order valence-corrected chi connectivity index (χ4v) is 1.85. The third kappa shape index (κ3) is 6.45. The number of aryl methyl sites for hydroxylation is 1. The molecule has 0 aromatic heterocycles.